The molecule has 1 N–H and O–H groups in total. The van der Waals surface area contributed by atoms with Crippen LogP contribution in [0.15, 0.2) is 51.4 Å². The van der Waals surface area contributed by atoms with Gasteiger partial charge in [-0.15, -0.1) is 0 Å². The van der Waals surface area contributed by atoms with E-state index in [0.717, 1.165) is 20.7 Å². The predicted molar refractivity (Wildman–Crippen MR) is 85.3 cm³/mol. The number of hydrogen-bond donors (Lipinski definition) is 1. The van der Waals surface area contributed by atoms with Crippen LogP contribution in [-0.4, -0.2) is 0 Å². The van der Waals surface area contributed by atoms with Crippen molar-refractivity contribution in [2.45, 2.75) is 19.1 Å². The molecule has 0 saturated carbocycles. The Labute approximate surface area is 137 Å². The molecule has 0 amide bonds. The van der Waals surface area contributed by atoms with Gasteiger partial charge in [-0.3, -0.25) is 0 Å². The summed E-state index contributed by atoms with van der Waals surface area (Å²) >= 11 is 6.78. The van der Waals surface area contributed by atoms with Crippen molar-refractivity contribution in [1.82, 2.24) is 0 Å². The molecule has 0 heterocycles. The molecule has 2 rings (SSSR count). The highest BCUT2D eigenvalue weighted by atomic mass is 79.9. The van der Waals surface area contributed by atoms with E-state index in [-0.39, 0.29) is 6.04 Å². The maximum absolute atomic E-state index is 12.7. The molecule has 112 valence electrons. The van der Waals surface area contributed by atoms with E-state index < -0.39 is 11.7 Å². The Balaban J connectivity index is 2.24. The number of benzene rings is 2. The highest BCUT2D eigenvalue weighted by Crippen LogP contribution is 2.33. The van der Waals surface area contributed by atoms with Crippen molar-refractivity contribution in [3.05, 3.63) is 62.5 Å². The molecule has 1 atom stereocenters. The molecule has 6 heteroatoms. The Morgan fingerprint density at radius 3 is 2.43 bits per heavy atom. The first-order chi connectivity index (χ1) is 9.77. The van der Waals surface area contributed by atoms with E-state index in [2.05, 4.69) is 37.2 Å². The summed E-state index contributed by atoms with van der Waals surface area (Å²) in [6, 6.07) is 10.7. The summed E-state index contributed by atoms with van der Waals surface area (Å²) in [4.78, 5) is 0. The van der Waals surface area contributed by atoms with Crippen molar-refractivity contribution in [3.8, 4) is 0 Å². The summed E-state index contributed by atoms with van der Waals surface area (Å²) in [6.45, 7) is 1.82. The fourth-order valence-electron chi connectivity index (χ4n) is 1.91. The Hall–Kier alpha value is -1.01. The Bertz CT molecular complexity index is 641. The maximum Gasteiger partial charge on any atom is 0.416 e. The largest absolute Gasteiger partial charge is 0.416 e. The van der Waals surface area contributed by atoms with E-state index >= 15 is 0 Å². The third-order valence-corrected chi connectivity index (χ3v) is 4.20. The smallest absolute Gasteiger partial charge is 0.378 e. The highest BCUT2D eigenvalue weighted by molar-refractivity contribution is 9.11. The normalized spacial score (nSPS) is 13.0. The summed E-state index contributed by atoms with van der Waals surface area (Å²) in [7, 11) is 0. The second kappa shape index (κ2) is 6.40. The molecule has 0 aromatic heterocycles. The second-order valence-corrected chi connectivity index (χ2v) is 6.38. The van der Waals surface area contributed by atoms with E-state index in [9.17, 15) is 13.2 Å². The van der Waals surface area contributed by atoms with Gasteiger partial charge in [0.05, 0.1) is 11.3 Å². The van der Waals surface area contributed by atoms with E-state index in [4.69, 9.17) is 0 Å². The van der Waals surface area contributed by atoms with Gasteiger partial charge in [0.1, 0.15) is 0 Å². The van der Waals surface area contributed by atoms with Gasteiger partial charge in [-0.25, -0.2) is 0 Å². The molecule has 1 unspecified atom stereocenters. The third-order valence-electron chi connectivity index (χ3n) is 3.01. The first-order valence-corrected chi connectivity index (χ1v) is 7.75. The lowest BCUT2D eigenvalue weighted by atomic mass is 10.0. The second-order valence-electron chi connectivity index (χ2n) is 4.61. The van der Waals surface area contributed by atoms with Crippen LogP contribution in [-0.2, 0) is 6.18 Å². The molecular weight excluding hydrogens is 411 g/mol. The summed E-state index contributed by atoms with van der Waals surface area (Å²) in [5.41, 5.74) is 0.757. The average molecular weight is 423 g/mol. The van der Waals surface area contributed by atoms with Crippen LogP contribution in [0, 0.1) is 0 Å². The molecule has 21 heavy (non-hydrogen) atoms. The van der Waals surface area contributed by atoms with Crippen molar-refractivity contribution < 1.29 is 13.2 Å². The zero-order valence-corrected chi connectivity index (χ0v) is 14.2. The zero-order chi connectivity index (χ0) is 15.6. The number of anilines is 1. The van der Waals surface area contributed by atoms with Crippen LogP contribution >= 0.6 is 31.9 Å². The maximum atomic E-state index is 12.7. The van der Waals surface area contributed by atoms with Crippen molar-refractivity contribution >= 4 is 37.5 Å². The van der Waals surface area contributed by atoms with Gasteiger partial charge in [0.25, 0.3) is 0 Å². The molecule has 0 fully saturated rings. The number of hydrogen-bond acceptors (Lipinski definition) is 1. The van der Waals surface area contributed by atoms with Crippen molar-refractivity contribution in [1.29, 1.82) is 0 Å². The minimum absolute atomic E-state index is 0.252. The molecule has 0 aliphatic carbocycles. The molecule has 0 aliphatic heterocycles. The van der Waals surface area contributed by atoms with Gasteiger partial charge in [-0.05, 0) is 58.7 Å². The Morgan fingerprint density at radius 1 is 1.05 bits per heavy atom. The third kappa shape index (κ3) is 4.23. The average Bonchev–Trinajstić information content (AvgIpc) is 2.42. The molecule has 0 bridgehead atoms. The highest BCUT2D eigenvalue weighted by Gasteiger charge is 2.30. The first kappa shape index (κ1) is 16.4. The summed E-state index contributed by atoms with van der Waals surface area (Å²) < 4.78 is 40.0. The molecule has 0 radical (unpaired) electrons. The predicted octanol–water partition coefficient (Wildman–Crippen LogP) is 6.40. The van der Waals surface area contributed by atoms with Gasteiger partial charge in [-0.2, -0.15) is 13.2 Å². The lowest BCUT2D eigenvalue weighted by Gasteiger charge is -2.18. The van der Waals surface area contributed by atoms with Gasteiger partial charge in [0.2, 0.25) is 0 Å². The van der Waals surface area contributed by atoms with Gasteiger partial charge >= 0.3 is 6.18 Å². The van der Waals surface area contributed by atoms with Crippen LogP contribution in [0.4, 0.5) is 18.9 Å². The molecule has 0 aliphatic rings. The number of nitrogens with one attached hydrogen (secondary N) is 1. The standard InChI is InChI=1S/C15H12Br2F3N/c1-9(21-14-8-12(16)5-6-13(14)17)10-3-2-4-11(7-10)15(18,19)20/h2-9,21H,1H3. The summed E-state index contributed by atoms with van der Waals surface area (Å²) in [6.07, 6.45) is -4.33. The van der Waals surface area contributed by atoms with Crippen molar-refractivity contribution in [3.63, 3.8) is 0 Å². The molecule has 1 nitrogen and oxygen atoms in total. The van der Waals surface area contributed by atoms with Crippen LogP contribution in [0.2, 0.25) is 0 Å². The van der Waals surface area contributed by atoms with E-state index in [0.29, 0.717) is 5.56 Å². The zero-order valence-electron chi connectivity index (χ0n) is 11.0. The Kier molecular flexibility index (Phi) is 4.99. The van der Waals surface area contributed by atoms with Crippen molar-refractivity contribution in [2.24, 2.45) is 0 Å². The summed E-state index contributed by atoms with van der Waals surface area (Å²) in [5.74, 6) is 0. The van der Waals surface area contributed by atoms with Gasteiger partial charge in [0, 0.05) is 15.0 Å². The van der Waals surface area contributed by atoms with Gasteiger partial charge < -0.3 is 5.32 Å². The molecule has 2 aromatic rings. The van der Waals surface area contributed by atoms with Crippen LogP contribution in [0.1, 0.15) is 24.1 Å². The van der Waals surface area contributed by atoms with E-state index in [1.54, 1.807) is 6.07 Å². The van der Waals surface area contributed by atoms with Gasteiger partial charge in [-0.1, -0.05) is 28.1 Å². The van der Waals surface area contributed by atoms with E-state index in [1.165, 1.54) is 12.1 Å². The molecular formula is C15H12Br2F3N. The number of rotatable bonds is 3. The minimum atomic E-state index is -4.33. The molecule has 2 aromatic carbocycles. The minimum Gasteiger partial charge on any atom is -0.378 e. The fourth-order valence-corrected chi connectivity index (χ4v) is 2.63. The number of alkyl halides is 3. The fraction of sp³-hybridized carbons (Fsp3) is 0.200. The number of halogens is 5. The topological polar surface area (TPSA) is 12.0 Å². The first-order valence-electron chi connectivity index (χ1n) is 6.16. The molecule has 0 spiro atoms. The molecule has 0 saturated heterocycles. The van der Waals surface area contributed by atoms with Gasteiger partial charge in [0.15, 0.2) is 0 Å². The van der Waals surface area contributed by atoms with Crippen LogP contribution in [0.3, 0.4) is 0 Å². The van der Waals surface area contributed by atoms with Crippen LogP contribution in [0.5, 0.6) is 0 Å². The Morgan fingerprint density at radius 2 is 1.76 bits per heavy atom. The van der Waals surface area contributed by atoms with Crippen molar-refractivity contribution in [2.75, 3.05) is 5.32 Å². The summed E-state index contributed by atoms with van der Waals surface area (Å²) in [5, 5.41) is 3.20. The van der Waals surface area contributed by atoms with Crippen LogP contribution < -0.4 is 5.32 Å². The lowest BCUT2D eigenvalue weighted by molar-refractivity contribution is -0.137. The quantitative estimate of drug-likeness (QED) is 0.603. The van der Waals surface area contributed by atoms with Crippen LogP contribution in [0.25, 0.3) is 0 Å². The lowest BCUT2D eigenvalue weighted by Crippen LogP contribution is -2.10. The SMILES string of the molecule is CC(Nc1cc(Br)ccc1Br)c1cccc(C(F)(F)F)c1. The monoisotopic (exact) mass is 421 g/mol. The van der Waals surface area contributed by atoms with E-state index in [1.807, 2.05) is 25.1 Å².